The normalized spacial score (nSPS) is 14.5. The molecule has 0 unspecified atom stereocenters. The van der Waals surface area contributed by atoms with Gasteiger partial charge >= 0.3 is 147 Å². The van der Waals surface area contributed by atoms with Crippen molar-refractivity contribution in [3.05, 3.63) is 167 Å². The fraction of sp³-hybridized carbons (Fsp3) is 0.212. The second-order valence-corrected chi connectivity index (χ2v) is 27.4. The van der Waals surface area contributed by atoms with Crippen LogP contribution in [0.1, 0.15) is 59.6 Å². The van der Waals surface area contributed by atoms with E-state index < -0.39 is 39.2 Å². The van der Waals surface area contributed by atoms with Crippen LogP contribution in [-0.4, -0.2) is 28.2 Å². The Bertz CT molecular complexity index is 3290. The molecule has 0 spiro atoms. The molecule has 0 saturated carbocycles. The van der Waals surface area contributed by atoms with Crippen LogP contribution in [-0.2, 0) is 32.9 Å². The molecule has 0 bridgehead atoms. The fourth-order valence-corrected chi connectivity index (χ4v) is 10.6. The first-order valence-corrected chi connectivity index (χ1v) is 26.6. The first-order chi connectivity index (χ1) is 30.9. The van der Waals surface area contributed by atoms with Gasteiger partial charge in [-0.1, -0.05) is 66.7 Å². The van der Waals surface area contributed by atoms with Gasteiger partial charge in [0.15, 0.2) is 0 Å². The third kappa shape index (κ3) is 9.26. The Balaban J connectivity index is 0.000000216. The summed E-state index contributed by atoms with van der Waals surface area (Å²) in [5.74, 6) is 6.36. The van der Waals surface area contributed by atoms with Crippen LogP contribution in [0.5, 0.6) is 0 Å². The van der Waals surface area contributed by atoms with Crippen molar-refractivity contribution in [1.82, 2.24) is 15.0 Å². The maximum Gasteiger partial charge on any atom is 0.140 e. The molecule has 299 valence electrons. The van der Waals surface area contributed by atoms with Gasteiger partial charge in [0, 0.05) is 38.5 Å². The van der Waals surface area contributed by atoms with Crippen LogP contribution in [0.2, 0.25) is 17.3 Å². The number of furan rings is 1. The van der Waals surface area contributed by atoms with Gasteiger partial charge in [0.2, 0.25) is 0 Å². The van der Waals surface area contributed by atoms with Crippen LogP contribution in [0.25, 0.3) is 66.3 Å². The van der Waals surface area contributed by atoms with E-state index in [1.807, 2.05) is 42.6 Å². The Morgan fingerprint density at radius 1 is 0.763 bits per heavy atom. The molecule has 0 fully saturated rings. The minimum absolute atomic E-state index is 0. The first-order valence-electron chi connectivity index (χ1n) is 23.2. The molecule has 9 rings (SSSR count). The van der Waals surface area contributed by atoms with Crippen molar-refractivity contribution in [2.24, 2.45) is 5.41 Å². The molecule has 0 atom stereocenters. The third-order valence-corrected chi connectivity index (χ3v) is 14.3. The summed E-state index contributed by atoms with van der Waals surface area (Å²) in [5, 5.41) is 4.00. The molecule has 9 aromatic rings. The van der Waals surface area contributed by atoms with Gasteiger partial charge in [-0.15, -0.1) is 23.8 Å². The quantitative estimate of drug-likeness (QED) is 0.0946. The number of benzene rings is 5. The van der Waals surface area contributed by atoms with E-state index in [9.17, 15) is 4.39 Å². The van der Waals surface area contributed by atoms with E-state index in [4.69, 9.17) is 20.4 Å². The number of aromatic nitrogens is 3. The number of hydrogen-bond donors (Lipinski definition) is 0. The van der Waals surface area contributed by atoms with E-state index in [0.29, 0.717) is 39.2 Å². The average Bonchev–Trinajstić information content (AvgIpc) is 3.61. The molecule has 4 heterocycles. The molecule has 7 heteroatoms. The van der Waals surface area contributed by atoms with Gasteiger partial charge in [0.25, 0.3) is 0 Å². The molecule has 0 N–H and O–H groups in total. The summed E-state index contributed by atoms with van der Waals surface area (Å²) in [6.45, 7) is 1.68. The van der Waals surface area contributed by atoms with Gasteiger partial charge in [0.05, 0.1) is 16.6 Å². The van der Waals surface area contributed by atoms with Crippen molar-refractivity contribution >= 4 is 61.4 Å². The summed E-state index contributed by atoms with van der Waals surface area (Å²) >= 11 is -2.12. The minimum Gasteiger partial charge on any atom is -0.499 e. The maximum atomic E-state index is 14.6. The molecule has 4 nitrogen and oxygen atoms in total. The zero-order valence-corrected chi connectivity index (χ0v) is 38.2. The molecule has 0 aliphatic carbocycles. The van der Waals surface area contributed by atoms with Crippen molar-refractivity contribution in [2.45, 2.75) is 64.5 Å². The smallest absolute Gasteiger partial charge is 0.140 e. The number of hydrogen-bond acceptors (Lipinski definition) is 4. The van der Waals surface area contributed by atoms with E-state index in [-0.39, 0.29) is 47.8 Å². The van der Waals surface area contributed by atoms with E-state index in [1.165, 1.54) is 28.3 Å². The molecular weight excluding hydrogens is 966 g/mol. The van der Waals surface area contributed by atoms with Gasteiger partial charge in [-0.05, 0) is 63.9 Å². The zero-order chi connectivity index (χ0) is 47.6. The summed E-state index contributed by atoms with van der Waals surface area (Å²) in [7, 11) is 0. The van der Waals surface area contributed by atoms with Crippen LogP contribution in [0.15, 0.2) is 126 Å². The SMILES string of the molecule is [2H]C([2H])([2H])c1c[c-]c(-c2cc(CC(C)(C)C)[c]([Ge]([CH3])([CH3])[CH3])cn2)c(F)c1.[2H]C([2H])([2H])c1cnc(-c2[c-]cc3oc4cc5c(ccc6ccccc65)nc4c3c2)cc1C([2H])([2H])c1ccccc1.[Ir]. The predicted molar refractivity (Wildman–Crippen MR) is 242 cm³/mol. The number of aryl methyl sites for hydroxylation is 2. The van der Waals surface area contributed by atoms with Crippen molar-refractivity contribution < 1.29 is 39.9 Å². The monoisotopic (exact) mass is 1020 g/mol. The summed E-state index contributed by atoms with van der Waals surface area (Å²) in [4.78, 5) is 13.9. The zero-order valence-electron chi connectivity index (χ0n) is 41.7. The Kier molecular flexibility index (Phi) is 9.41. The Morgan fingerprint density at radius 3 is 2.27 bits per heavy atom. The standard InChI is InChI=1S/C32H21N2O.C20H27FGeN.Ir/c1-20-19-33-29(17-24(20)15-21-7-3-2-4-8-21)23-12-14-30-27(16-23)32-31(35-30)18-26-25-10-6-5-9-22(25)11-13-28(26)34-32;1-14-8-9-16(17(21)10-14)19-11-15(12-20(2,3)4)18(13-23-19)22(5,6)7;/h2-11,13-14,16-19H,15H2,1H3;8,10-11,13H,12H2,1-7H3;/q2*-1;/i1D3,15D2;1D3;. The van der Waals surface area contributed by atoms with Crippen molar-refractivity contribution in [3.63, 3.8) is 0 Å². The Labute approximate surface area is 374 Å². The minimum atomic E-state index is -2.54. The molecule has 0 aliphatic rings. The van der Waals surface area contributed by atoms with Gasteiger partial charge in [0.1, 0.15) is 5.58 Å². The van der Waals surface area contributed by atoms with E-state index in [1.54, 1.807) is 36.4 Å². The Morgan fingerprint density at radius 2 is 1.53 bits per heavy atom. The van der Waals surface area contributed by atoms with E-state index in [0.717, 1.165) is 39.5 Å². The van der Waals surface area contributed by atoms with Crippen LogP contribution < -0.4 is 4.40 Å². The van der Waals surface area contributed by atoms with Crippen LogP contribution in [0.3, 0.4) is 0 Å². The summed E-state index contributed by atoms with van der Waals surface area (Å²) in [6, 6.07) is 38.2. The number of fused-ring (bicyclic) bond motifs is 6. The maximum absolute atomic E-state index is 14.6. The third-order valence-electron chi connectivity index (χ3n) is 9.98. The van der Waals surface area contributed by atoms with Crippen molar-refractivity contribution in [3.8, 4) is 22.5 Å². The molecule has 0 aliphatic heterocycles. The first kappa shape index (κ1) is 32.8. The summed E-state index contributed by atoms with van der Waals surface area (Å²) in [6.07, 6.45) is 1.97. The molecule has 0 saturated heterocycles. The second-order valence-electron chi connectivity index (χ2n) is 16.8. The average molecular weight is 1020 g/mol. The van der Waals surface area contributed by atoms with Crippen LogP contribution in [0, 0.1) is 37.1 Å². The number of pyridine rings is 3. The fourth-order valence-electron chi connectivity index (χ4n) is 7.27. The molecule has 0 amide bonds. The van der Waals surface area contributed by atoms with Gasteiger partial charge in [-0.3, -0.25) is 0 Å². The van der Waals surface area contributed by atoms with Crippen molar-refractivity contribution in [2.75, 3.05) is 0 Å². The Hall–Kier alpha value is -5.01. The summed E-state index contributed by atoms with van der Waals surface area (Å²) < 4.78 is 86.1. The number of rotatable bonds is 6. The van der Waals surface area contributed by atoms with Crippen LogP contribution in [0.4, 0.5) is 4.39 Å². The molecule has 4 aromatic heterocycles. The van der Waals surface area contributed by atoms with Gasteiger partial charge in [-0.2, -0.15) is 0 Å². The summed E-state index contributed by atoms with van der Waals surface area (Å²) in [5.41, 5.74) is 6.09. The number of halogens is 1. The van der Waals surface area contributed by atoms with Crippen LogP contribution >= 0.6 is 0 Å². The van der Waals surface area contributed by atoms with Gasteiger partial charge < -0.3 is 9.40 Å². The largest absolute Gasteiger partial charge is 0.499 e. The molecule has 5 aromatic carbocycles. The molecule has 1 radical (unpaired) electrons. The predicted octanol–water partition coefficient (Wildman–Crippen LogP) is 13.2. The molecular formula is C52H48FGeIrN3O-2. The second kappa shape index (κ2) is 16.9. The number of nitrogens with zero attached hydrogens (tertiary/aromatic N) is 3. The van der Waals surface area contributed by atoms with E-state index in [2.05, 4.69) is 78.3 Å². The van der Waals surface area contributed by atoms with E-state index >= 15 is 0 Å². The topological polar surface area (TPSA) is 51.8 Å². The molecule has 59 heavy (non-hydrogen) atoms. The van der Waals surface area contributed by atoms with Crippen molar-refractivity contribution in [1.29, 1.82) is 0 Å². The van der Waals surface area contributed by atoms with Gasteiger partial charge in [-0.25, -0.2) is 4.98 Å².